The van der Waals surface area contributed by atoms with Crippen LogP contribution < -0.4 is 4.72 Å². The molecule has 8 nitrogen and oxygen atoms in total. The summed E-state index contributed by atoms with van der Waals surface area (Å²) in [6.07, 6.45) is 2.47. The Morgan fingerprint density at radius 3 is 3.05 bits per heavy atom. The van der Waals surface area contributed by atoms with Crippen molar-refractivity contribution in [3.8, 4) is 0 Å². The van der Waals surface area contributed by atoms with Crippen molar-refractivity contribution in [2.24, 2.45) is 0 Å². The SMILES string of the molecule is O=C1OCCN1S(=O)(=O)NCc1ccnc2[nH]ccc12. The topological polar surface area (TPSA) is 104 Å². The third-order valence-electron chi connectivity index (χ3n) is 3.01. The summed E-state index contributed by atoms with van der Waals surface area (Å²) in [6, 6.07) is 3.54. The summed E-state index contributed by atoms with van der Waals surface area (Å²) in [5, 5.41) is 0.833. The highest BCUT2D eigenvalue weighted by Gasteiger charge is 2.33. The van der Waals surface area contributed by atoms with Crippen molar-refractivity contribution in [3.63, 3.8) is 0 Å². The van der Waals surface area contributed by atoms with Crippen molar-refractivity contribution in [1.82, 2.24) is 19.0 Å². The Bertz CT molecular complexity index is 755. The lowest BCUT2D eigenvalue weighted by Crippen LogP contribution is -2.40. The molecular weight excluding hydrogens is 284 g/mol. The molecule has 0 unspecified atom stereocenters. The molecule has 1 aliphatic rings. The third-order valence-corrected chi connectivity index (χ3v) is 4.43. The van der Waals surface area contributed by atoms with E-state index in [0.717, 1.165) is 10.9 Å². The Hall–Kier alpha value is -2.13. The molecule has 3 heterocycles. The number of nitrogens with zero attached hydrogens (tertiary/aromatic N) is 2. The van der Waals surface area contributed by atoms with E-state index < -0.39 is 16.3 Å². The fourth-order valence-corrected chi connectivity index (χ4v) is 3.07. The lowest BCUT2D eigenvalue weighted by molar-refractivity contribution is 0.169. The first-order valence-corrected chi connectivity index (χ1v) is 7.37. The van der Waals surface area contributed by atoms with Crippen LogP contribution in [0.4, 0.5) is 4.79 Å². The molecule has 1 saturated heterocycles. The molecule has 2 aromatic heterocycles. The number of carbonyl (C=O) groups excluding carboxylic acids is 1. The first kappa shape index (κ1) is 12.9. The van der Waals surface area contributed by atoms with Gasteiger partial charge in [0.25, 0.3) is 0 Å². The summed E-state index contributed by atoms with van der Waals surface area (Å²) in [6.45, 7) is 0.185. The molecular formula is C11H12N4O4S. The van der Waals surface area contributed by atoms with Gasteiger partial charge in [-0.2, -0.15) is 17.4 Å². The summed E-state index contributed by atoms with van der Waals surface area (Å²) in [7, 11) is -3.88. The van der Waals surface area contributed by atoms with Crippen LogP contribution in [0.25, 0.3) is 11.0 Å². The van der Waals surface area contributed by atoms with Gasteiger partial charge in [-0.3, -0.25) is 0 Å². The number of fused-ring (bicyclic) bond motifs is 1. The monoisotopic (exact) mass is 296 g/mol. The van der Waals surface area contributed by atoms with Gasteiger partial charge in [-0.1, -0.05) is 0 Å². The van der Waals surface area contributed by atoms with Crippen LogP contribution in [0.3, 0.4) is 0 Å². The van der Waals surface area contributed by atoms with Gasteiger partial charge in [-0.15, -0.1) is 0 Å². The van der Waals surface area contributed by atoms with Crippen molar-refractivity contribution in [3.05, 3.63) is 30.1 Å². The molecule has 1 aliphatic heterocycles. The number of aromatic nitrogens is 2. The van der Waals surface area contributed by atoms with E-state index in [0.29, 0.717) is 9.95 Å². The second-order valence-corrected chi connectivity index (χ2v) is 5.90. The molecule has 0 aliphatic carbocycles. The Balaban J connectivity index is 1.79. The average Bonchev–Trinajstić information content (AvgIpc) is 3.04. The van der Waals surface area contributed by atoms with Crippen LogP contribution in [-0.4, -0.2) is 41.9 Å². The smallest absolute Gasteiger partial charge is 0.424 e. The lowest BCUT2D eigenvalue weighted by atomic mass is 10.2. The molecule has 0 aromatic carbocycles. The minimum atomic E-state index is -3.88. The molecule has 0 saturated carbocycles. The molecule has 0 radical (unpaired) electrons. The molecule has 0 bridgehead atoms. The molecule has 106 valence electrons. The first-order valence-electron chi connectivity index (χ1n) is 5.93. The van der Waals surface area contributed by atoms with Crippen LogP contribution in [-0.2, 0) is 21.5 Å². The van der Waals surface area contributed by atoms with Gasteiger partial charge in [0, 0.05) is 24.3 Å². The zero-order valence-corrected chi connectivity index (χ0v) is 11.2. The van der Waals surface area contributed by atoms with Gasteiger partial charge in [0.1, 0.15) is 12.3 Å². The fraction of sp³-hybridized carbons (Fsp3) is 0.273. The maximum atomic E-state index is 12.0. The quantitative estimate of drug-likeness (QED) is 0.847. The maximum Gasteiger partial charge on any atom is 0.424 e. The summed E-state index contributed by atoms with van der Waals surface area (Å²) in [4.78, 5) is 18.3. The number of hydrogen-bond acceptors (Lipinski definition) is 5. The van der Waals surface area contributed by atoms with Crippen molar-refractivity contribution < 1.29 is 17.9 Å². The van der Waals surface area contributed by atoms with Crippen molar-refractivity contribution in [1.29, 1.82) is 0 Å². The standard InChI is InChI=1S/C11H12N4O4S/c16-11-15(5-6-19-11)20(17,18)14-7-8-1-3-12-10-9(8)2-4-13-10/h1-4,14H,5-7H2,(H,12,13). The van der Waals surface area contributed by atoms with Gasteiger partial charge < -0.3 is 9.72 Å². The van der Waals surface area contributed by atoms with E-state index in [1.54, 1.807) is 18.5 Å². The summed E-state index contributed by atoms with van der Waals surface area (Å²) in [5.41, 5.74) is 1.45. The Morgan fingerprint density at radius 2 is 2.30 bits per heavy atom. The largest absolute Gasteiger partial charge is 0.447 e. The van der Waals surface area contributed by atoms with Gasteiger partial charge in [0.2, 0.25) is 0 Å². The second kappa shape index (κ2) is 4.76. The average molecular weight is 296 g/mol. The van der Waals surface area contributed by atoms with Gasteiger partial charge in [-0.25, -0.2) is 9.78 Å². The molecule has 2 aromatic rings. The summed E-state index contributed by atoms with van der Waals surface area (Å²) < 4.78 is 31.6. The van der Waals surface area contributed by atoms with Crippen molar-refractivity contribution in [2.45, 2.75) is 6.54 Å². The van der Waals surface area contributed by atoms with Crippen LogP contribution in [0.2, 0.25) is 0 Å². The molecule has 20 heavy (non-hydrogen) atoms. The molecule has 0 atom stereocenters. The molecule has 1 amide bonds. The highest BCUT2D eigenvalue weighted by Crippen LogP contribution is 2.16. The summed E-state index contributed by atoms with van der Waals surface area (Å²) >= 11 is 0. The van der Waals surface area contributed by atoms with Crippen molar-refractivity contribution in [2.75, 3.05) is 13.2 Å². The highest BCUT2D eigenvalue weighted by molar-refractivity contribution is 7.87. The Labute approximate surface area is 114 Å². The van der Waals surface area contributed by atoms with E-state index in [2.05, 4.69) is 19.4 Å². The van der Waals surface area contributed by atoms with Crippen LogP contribution in [0.1, 0.15) is 5.56 Å². The minimum Gasteiger partial charge on any atom is -0.447 e. The number of carbonyl (C=O) groups is 1. The molecule has 0 spiro atoms. The number of H-pyrrole nitrogens is 1. The molecule has 1 fully saturated rings. The number of cyclic esters (lactones) is 1. The number of ether oxygens (including phenoxy) is 1. The van der Waals surface area contributed by atoms with Gasteiger partial charge in [-0.05, 0) is 17.7 Å². The highest BCUT2D eigenvalue weighted by atomic mass is 32.2. The first-order chi connectivity index (χ1) is 9.58. The summed E-state index contributed by atoms with van der Waals surface area (Å²) in [5.74, 6) is 0. The van der Waals surface area contributed by atoms with Gasteiger partial charge >= 0.3 is 16.3 Å². The van der Waals surface area contributed by atoms with Gasteiger partial charge in [0.15, 0.2) is 0 Å². The van der Waals surface area contributed by atoms with Crippen LogP contribution in [0.5, 0.6) is 0 Å². The van der Waals surface area contributed by atoms with E-state index in [1.807, 2.05) is 6.07 Å². The fourth-order valence-electron chi connectivity index (χ4n) is 2.02. The van der Waals surface area contributed by atoms with Crippen LogP contribution >= 0.6 is 0 Å². The normalized spacial score (nSPS) is 15.8. The van der Waals surface area contributed by atoms with E-state index in [1.165, 1.54) is 0 Å². The number of amides is 1. The van der Waals surface area contributed by atoms with Gasteiger partial charge in [0.05, 0.1) is 6.54 Å². The van der Waals surface area contributed by atoms with Crippen LogP contribution in [0, 0.1) is 0 Å². The number of rotatable bonds is 4. The maximum absolute atomic E-state index is 12.0. The lowest BCUT2D eigenvalue weighted by Gasteiger charge is -2.14. The predicted octanol–water partition coefficient (Wildman–Crippen LogP) is 0.349. The third kappa shape index (κ3) is 2.21. The van der Waals surface area contributed by atoms with E-state index in [-0.39, 0.29) is 19.7 Å². The number of pyridine rings is 1. The Kier molecular flexibility index (Phi) is 3.07. The Morgan fingerprint density at radius 1 is 1.45 bits per heavy atom. The molecule has 3 rings (SSSR count). The minimum absolute atomic E-state index is 0.0318. The van der Waals surface area contributed by atoms with Crippen molar-refractivity contribution >= 4 is 27.3 Å². The number of aromatic amines is 1. The van der Waals surface area contributed by atoms with E-state index >= 15 is 0 Å². The zero-order valence-electron chi connectivity index (χ0n) is 10.4. The predicted molar refractivity (Wildman–Crippen MR) is 69.9 cm³/mol. The number of nitrogens with one attached hydrogen (secondary N) is 2. The van der Waals surface area contributed by atoms with Crippen LogP contribution in [0.15, 0.2) is 24.5 Å². The number of hydrogen-bond donors (Lipinski definition) is 2. The zero-order chi connectivity index (χ0) is 14.2. The van der Waals surface area contributed by atoms with E-state index in [4.69, 9.17) is 0 Å². The second-order valence-electron chi connectivity index (χ2n) is 4.22. The molecule has 2 N–H and O–H groups in total. The van der Waals surface area contributed by atoms with E-state index in [9.17, 15) is 13.2 Å². The molecule has 9 heteroatoms.